The summed E-state index contributed by atoms with van der Waals surface area (Å²) in [7, 11) is 0. The van der Waals surface area contributed by atoms with E-state index in [-0.39, 0.29) is 5.91 Å². The standard InChI is InChI=1S/C11H14N2OS/c1-2-15-10-6-4-3-5-9(10)13-8-7-11(14)12-13/h3-6H,2,7-8H2,1H3,(H,12,14). The highest BCUT2D eigenvalue weighted by molar-refractivity contribution is 7.99. The zero-order valence-corrected chi connectivity index (χ0v) is 9.51. The van der Waals surface area contributed by atoms with Gasteiger partial charge in [-0.2, -0.15) is 0 Å². The van der Waals surface area contributed by atoms with Crippen LogP contribution in [0.3, 0.4) is 0 Å². The van der Waals surface area contributed by atoms with E-state index >= 15 is 0 Å². The van der Waals surface area contributed by atoms with E-state index in [1.165, 1.54) is 4.90 Å². The third-order valence-corrected chi connectivity index (χ3v) is 3.22. The third kappa shape index (κ3) is 2.26. The number of hydrogen-bond donors (Lipinski definition) is 1. The molecule has 1 amide bonds. The molecule has 0 unspecified atom stereocenters. The highest BCUT2D eigenvalue weighted by atomic mass is 32.2. The maximum Gasteiger partial charge on any atom is 0.240 e. The summed E-state index contributed by atoms with van der Waals surface area (Å²) in [6.07, 6.45) is 0.588. The molecular formula is C11H14N2OS. The molecule has 1 aromatic carbocycles. The molecule has 1 aliphatic heterocycles. The van der Waals surface area contributed by atoms with Gasteiger partial charge < -0.3 is 0 Å². The molecule has 1 N–H and O–H groups in total. The SMILES string of the molecule is CCSc1ccccc1N1CCC(=O)N1. The van der Waals surface area contributed by atoms with Crippen molar-refractivity contribution in [3.8, 4) is 0 Å². The molecule has 1 fully saturated rings. The maximum atomic E-state index is 11.1. The lowest BCUT2D eigenvalue weighted by Gasteiger charge is -2.20. The largest absolute Gasteiger partial charge is 0.284 e. The molecule has 0 atom stereocenters. The molecule has 0 aliphatic carbocycles. The Morgan fingerprint density at radius 2 is 2.27 bits per heavy atom. The van der Waals surface area contributed by atoms with Crippen LogP contribution >= 0.6 is 11.8 Å². The second-order valence-corrected chi connectivity index (χ2v) is 4.64. The molecule has 0 bridgehead atoms. The number of carbonyl (C=O) groups is 1. The zero-order chi connectivity index (χ0) is 10.7. The first kappa shape index (κ1) is 10.4. The lowest BCUT2D eigenvalue weighted by atomic mass is 10.3. The van der Waals surface area contributed by atoms with E-state index < -0.39 is 0 Å². The van der Waals surface area contributed by atoms with Crippen LogP contribution in [0.1, 0.15) is 13.3 Å². The number of carbonyl (C=O) groups excluding carboxylic acids is 1. The van der Waals surface area contributed by atoms with Gasteiger partial charge in [0, 0.05) is 17.9 Å². The number of nitrogens with zero attached hydrogens (tertiary/aromatic N) is 1. The van der Waals surface area contributed by atoms with E-state index in [1.807, 2.05) is 23.2 Å². The molecule has 80 valence electrons. The molecule has 1 heterocycles. The van der Waals surface area contributed by atoms with Gasteiger partial charge in [0.15, 0.2) is 0 Å². The van der Waals surface area contributed by atoms with E-state index in [2.05, 4.69) is 18.4 Å². The Balaban J connectivity index is 2.22. The summed E-state index contributed by atoms with van der Waals surface area (Å²) in [5.41, 5.74) is 3.96. The minimum absolute atomic E-state index is 0.103. The van der Waals surface area contributed by atoms with Gasteiger partial charge in [0.1, 0.15) is 0 Å². The van der Waals surface area contributed by atoms with Crippen LogP contribution in [0.5, 0.6) is 0 Å². The van der Waals surface area contributed by atoms with Gasteiger partial charge in [-0.1, -0.05) is 19.1 Å². The normalized spacial score (nSPS) is 15.5. The van der Waals surface area contributed by atoms with Crippen molar-refractivity contribution < 1.29 is 4.79 Å². The van der Waals surface area contributed by atoms with Crippen LogP contribution in [-0.2, 0) is 4.79 Å². The second-order valence-electron chi connectivity index (χ2n) is 3.34. The number of anilines is 1. The van der Waals surface area contributed by atoms with Crippen molar-refractivity contribution in [2.24, 2.45) is 0 Å². The van der Waals surface area contributed by atoms with Gasteiger partial charge in [0.2, 0.25) is 5.91 Å². The molecule has 2 rings (SSSR count). The predicted molar refractivity (Wildman–Crippen MR) is 62.9 cm³/mol. The molecule has 4 heteroatoms. The van der Waals surface area contributed by atoms with Crippen LogP contribution < -0.4 is 10.4 Å². The lowest BCUT2D eigenvalue weighted by molar-refractivity contribution is -0.119. The van der Waals surface area contributed by atoms with Crippen LogP contribution in [0.25, 0.3) is 0 Å². The third-order valence-electron chi connectivity index (χ3n) is 2.28. The Labute approximate surface area is 93.8 Å². The fourth-order valence-electron chi connectivity index (χ4n) is 1.61. The summed E-state index contributed by atoms with van der Waals surface area (Å²) in [4.78, 5) is 12.4. The van der Waals surface area contributed by atoms with Crippen LogP contribution in [-0.4, -0.2) is 18.2 Å². The Morgan fingerprint density at radius 3 is 2.93 bits per heavy atom. The number of nitrogens with one attached hydrogen (secondary N) is 1. The molecule has 1 aromatic rings. The van der Waals surface area contributed by atoms with Crippen molar-refractivity contribution in [1.29, 1.82) is 0 Å². The number of thioether (sulfide) groups is 1. The highest BCUT2D eigenvalue weighted by Gasteiger charge is 2.20. The Hall–Kier alpha value is -1.16. The van der Waals surface area contributed by atoms with Crippen molar-refractivity contribution in [2.75, 3.05) is 17.3 Å². The number of amides is 1. The first-order valence-electron chi connectivity index (χ1n) is 5.10. The van der Waals surface area contributed by atoms with Crippen molar-refractivity contribution >= 4 is 23.4 Å². The van der Waals surface area contributed by atoms with Gasteiger partial charge in [-0.05, 0) is 17.9 Å². The second kappa shape index (κ2) is 4.57. The van der Waals surface area contributed by atoms with Gasteiger partial charge in [0.05, 0.1) is 5.69 Å². The average molecular weight is 222 g/mol. The minimum atomic E-state index is 0.103. The van der Waals surface area contributed by atoms with Gasteiger partial charge in [-0.3, -0.25) is 15.2 Å². The highest BCUT2D eigenvalue weighted by Crippen LogP contribution is 2.29. The summed E-state index contributed by atoms with van der Waals surface area (Å²) in [5, 5.41) is 1.93. The zero-order valence-electron chi connectivity index (χ0n) is 8.69. The van der Waals surface area contributed by atoms with E-state index in [9.17, 15) is 4.79 Å². The van der Waals surface area contributed by atoms with Crippen molar-refractivity contribution in [2.45, 2.75) is 18.2 Å². The predicted octanol–water partition coefficient (Wildman–Crippen LogP) is 2.04. The van der Waals surface area contributed by atoms with Crippen molar-refractivity contribution in [1.82, 2.24) is 5.43 Å². The molecule has 15 heavy (non-hydrogen) atoms. The fourth-order valence-corrected chi connectivity index (χ4v) is 2.43. The summed E-state index contributed by atoms with van der Waals surface area (Å²) in [6.45, 7) is 2.89. The molecular weight excluding hydrogens is 208 g/mol. The van der Waals surface area contributed by atoms with E-state index in [0.717, 1.165) is 18.0 Å². The fraction of sp³-hybridized carbons (Fsp3) is 0.364. The number of para-hydroxylation sites is 1. The first-order valence-corrected chi connectivity index (χ1v) is 6.08. The van der Waals surface area contributed by atoms with E-state index in [0.29, 0.717) is 6.42 Å². The molecule has 0 saturated carbocycles. The van der Waals surface area contributed by atoms with Crippen LogP contribution in [0.2, 0.25) is 0 Å². The topological polar surface area (TPSA) is 32.3 Å². The van der Waals surface area contributed by atoms with Crippen molar-refractivity contribution in [3.63, 3.8) is 0 Å². The summed E-state index contributed by atoms with van der Waals surface area (Å²) in [6, 6.07) is 8.16. The van der Waals surface area contributed by atoms with Gasteiger partial charge in [-0.15, -0.1) is 11.8 Å². The van der Waals surface area contributed by atoms with Crippen molar-refractivity contribution in [3.05, 3.63) is 24.3 Å². The first-order chi connectivity index (χ1) is 7.31. The Morgan fingerprint density at radius 1 is 1.47 bits per heavy atom. The van der Waals surface area contributed by atoms with Gasteiger partial charge in [0.25, 0.3) is 0 Å². The Kier molecular flexibility index (Phi) is 3.16. The van der Waals surface area contributed by atoms with E-state index in [4.69, 9.17) is 0 Å². The monoisotopic (exact) mass is 222 g/mol. The van der Waals surface area contributed by atoms with E-state index in [1.54, 1.807) is 11.8 Å². The lowest BCUT2D eigenvalue weighted by Crippen LogP contribution is -2.33. The summed E-state index contributed by atoms with van der Waals surface area (Å²) < 4.78 is 0. The summed E-state index contributed by atoms with van der Waals surface area (Å²) in [5.74, 6) is 1.14. The van der Waals surface area contributed by atoms with Gasteiger partial charge in [-0.25, -0.2) is 0 Å². The smallest absolute Gasteiger partial charge is 0.240 e. The molecule has 0 radical (unpaired) electrons. The molecule has 0 spiro atoms. The molecule has 3 nitrogen and oxygen atoms in total. The quantitative estimate of drug-likeness (QED) is 0.794. The molecule has 0 aromatic heterocycles. The van der Waals surface area contributed by atoms with Gasteiger partial charge >= 0.3 is 0 Å². The maximum absolute atomic E-state index is 11.1. The number of hydrogen-bond acceptors (Lipinski definition) is 3. The average Bonchev–Trinajstić information content (AvgIpc) is 2.66. The number of hydrazine groups is 1. The Bertz CT molecular complexity index is 367. The number of benzene rings is 1. The van der Waals surface area contributed by atoms with Crippen LogP contribution in [0, 0.1) is 0 Å². The van der Waals surface area contributed by atoms with Crippen LogP contribution in [0.4, 0.5) is 5.69 Å². The minimum Gasteiger partial charge on any atom is -0.284 e. The molecule has 1 saturated heterocycles. The number of rotatable bonds is 3. The summed E-state index contributed by atoms with van der Waals surface area (Å²) >= 11 is 1.80. The molecule has 1 aliphatic rings. The van der Waals surface area contributed by atoms with Crippen LogP contribution in [0.15, 0.2) is 29.2 Å².